The maximum absolute atomic E-state index is 13.1. The fourth-order valence-electron chi connectivity index (χ4n) is 8.48. The highest BCUT2D eigenvalue weighted by molar-refractivity contribution is 5.97. The second kappa shape index (κ2) is 7.40. The van der Waals surface area contributed by atoms with Gasteiger partial charge in [0.2, 0.25) is 0 Å². The van der Waals surface area contributed by atoms with Crippen molar-refractivity contribution in [2.45, 2.75) is 91.1 Å². The number of esters is 1. The number of fused-ring (bicyclic) bond motifs is 7. The van der Waals surface area contributed by atoms with Crippen LogP contribution in [0.1, 0.15) is 85.5 Å². The number of hydrogen-bond donors (Lipinski definition) is 0. The smallest absolute Gasteiger partial charge is 0.306 e. The molecule has 0 N–H and O–H groups in total. The molecule has 0 aromatic rings. The molecular formula is C28H38O4. The van der Waals surface area contributed by atoms with Crippen molar-refractivity contribution >= 4 is 17.5 Å². The lowest BCUT2D eigenvalue weighted by Gasteiger charge is -2.57. The first kappa shape index (κ1) is 22.1. The molecule has 3 saturated carbocycles. The number of unbranched alkanes of at least 4 members (excludes halogenated alkanes) is 2. The number of carbonyl (C=O) groups is 3. The molecule has 0 aromatic heterocycles. The van der Waals surface area contributed by atoms with Gasteiger partial charge in [0.25, 0.3) is 0 Å². The summed E-state index contributed by atoms with van der Waals surface area (Å²) < 4.78 is 6.17. The minimum Gasteiger partial charge on any atom is -0.450 e. The van der Waals surface area contributed by atoms with Crippen molar-refractivity contribution in [2.24, 2.45) is 40.4 Å². The monoisotopic (exact) mass is 438 g/mol. The third kappa shape index (κ3) is 2.83. The molecular weight excluding hydrogens is 400 g/mol. The van der Waals surface area contributed by atoms with Crippen LogP contribution >= 0.6 is 0 Å². The largest absolute Gasteiger partial charge is 0.450 e. The van der Waals surface area contributed by atoms with Crippen LogP contribution in [-0.4, -0.2) is 23.1 Å². The molecule has 8 atom stereocenters. The molecule has 0 saturated heterocycles. The normalized spacial score (nSPS) is 45.8. The third-order valence-electron chi connectivity index (χ3n) is 10.4. The van der Waals surface area contributed by atoms with Gasteiger partial charge in [0.1, 0.15) is 0 Å². The van der Waals surface area contributed by atoms with Crippen LogP contribution < -0.4 is 0 Å². The van der Waals surface area contributed by atoms with Crippen LogP contribution in [0.3, 0.4) is 0 Å². The molecule has 5 rings (SSSR count). The fraction of sp³-hybridized carbons (Fsp3) is 0.750. The van der Waals surface area contributed by atoms with Gasteiger partial charge in [0.15, 0.2) is 17.2 Å². The number of carbonyl (C=O) groups excluding carboxylic acids is 3. The van der Waals surface area contributed by atoms with Crippen molar-refractivity contribution in [1.29, 1.82) is 0 Å². The van der Waals surface area contributed by atoms with Crippen molar-refractivity contribution in [3.05, 3.63) is 23.8 Å². The van der Waals surface area contributed by atoms with Gasteiger partial charge in [0.05, 0.1) is 0 Å². The third-order valence-corrected chi connectivity index (χ3v) is 10.4. The van der Waals surface area contributed by atoms with Gasteiger partial charge < -0.3 is 4.74 Å². The van der Waals surface area contributed by atoms with Crippen LogP contribution in [0.25, 0.3) is 0 Å². The minimum absolute atomic E-state index is 0.0156. The van der Waals surface area contributed by atoms with Gasteiger partial charge in [-0.15, -0.1) is 0 Å². The van der Waals surface area contributed by atoms with E-state index in [0.29, 0.717) is 42.3 Å². The van der Waals surface area contributed by atoms with E-state index < -0.39 is 5.60 Å². The summed E-state index contributed by atoms with van der Waals surface area (Å²) in [5.41, 5.74) is -0.0150. The average Bonchev–Trinajstić information content (AvgIpc) is 3.50. The van der Waals surface area contributed by atoms with E-state index in [1.165, 1.54) is 5.57 Å². The molecule has 4 nitrogen and oxygen atoms in total. The van der Waals surface area contributed by atoms with E-state index in [2.05, 4.69) is 32.9 Å². The quantitative estimate of drug-likeness (QED) is 0.400. The van der Waals surface area contributed by atoms with Crippen LogP contribution in [0.5, 0.6) is 0 Å². The molecule has 0 radical (unpaired) electrons. The Morgan fingerprint density at radius 3 is 2.56 bits per heavy atom. The Bertz CT molecular complexity index is 914. The van der Waals surface area contributed by atoms with E-state index in [1.807, 2.05) is 6.08 Å². The molecule has 4 heteroatoms. The fourth-order valence-corrected chi connectivity index (χ4v) is 8.48. The number of allylic oxidation sites excluding steroid dienone is 4. The Labute approximate surface area is 192 Å². The van der Waals surface area contributed by atoms with Crippen molar-refractivity contribution in [3.63, 3.8) is 0 Å². The van der Waals surface area contributed by atoms with Gasteiger partial charge in [-0.2, -0.15) is 0 Å². The molecule has 5 aliphatic rings. The number of hydrogen-bond acceptors (Lipinski definition) is 4. The molecule has 0 unspecified atom stereocenters. The van der Waals surface area contributed by atoms with Gasteiger partial charge in [-0.3, -0.25) is 14.4 Å². The Balaban J connectivity index is 1.45. The standard InChI is InChI=1S/C28H38O4/c1-5-6-7-8-25(31)32-28(17(2)29)14-12-21-19-10-9-18-15-24(30)20-16-23(20)27(18,4)22(19)11-13-26(21,28)3/h9-10,15,19-23H,5-8,11-14,16H2,1-4H3/t19-,20+,21-,22-,23-,26-,27-,28-/m0/s1. The molecule has 0 amide bonds. The Hall–Kier alpha value is -1.71. The summed E-state index contributed by atoms with van der Waals surface area (Å²) in [6.07, 6.45) is 14.3. The number of ether oxygens (including phenoxy) is 1. The van der Waals surface area contributed by atoms with Crippen LogP contribution in [0, 0.1) is 40.4 Å². The first-order valence-corrected chi connectivity index (χ1v) is 12.9. The van der Waals surface area contributed by atoms with Crippen LogP contribution in [0.15, 0.2) is 23.8 Å². The maximum atomic E-state index is 13.1. The highest BCUT2D eigenvalue weighted by atomic mass is 16.6. The summed E-state index contributed by atoms with van der Waals surface area (Å²) in [5, 5.41) is 0. The Morgan fingerprint density at radius 2 is 1.84 bits per heavy atom. The van der Waals surface area contributed by atoms with Crippen LogP contribution in [-0.2, 0) is 19.1 Å². The Kier molecular flexibility index (Phi) is 5.11. The molecule has 32 heavy (non-hydrogen) atoms. The predicted molar refractivity (Wildman–Crippen MR) is 123 cm³/mol. The second-order valence-electron chi connectivity index (χ2n) is 11.7. The highest BCUT2D eigenvalue weighted by Crippen LogP contribution is 2.71. The van der Waals surface area contributed by atoms with E-state index in [1.54, 1.807) is 6.92 Å². The molecule has 5 aliphatic carbocycles. The van der Waals surface area contributed by atoms with E-state index in [4.69, 9.17) is 4.74 Å². The SMILES string of the molecule is CCCCCC(=O)O[C@]1(C(C)=O)CC[C@H]2[C@@H]3C=CC4=CC(=O)[C@@H]5C[C@@H]5[C@]4(C)[C@H]3CC[C@@]21C. The molecule has 174 valence electrons. The van der Waals surface area contributed by atoms with Crippen LogP contribution in [0.2, 0.25) is 0 Å². The zero-order chi connectivity index (χ0) is 22.9. The van der Waals surface area contributed by atoms with Gasteiger partial charge in [-0.05, 0) is 86.2 Å². The van der Waals surface area contributed by atoms with Crippen molar-refractivity contribution in [1.82, 2.24) is 0 Å². The zero-order valence-corrected chi connectivity index (χ0v) is 20.1. The van der Waals surface area contributed by atoms with E-state index in [9.17, 15) is 14.4 Å². The molecule has 3 fully saturated rings. The predicted octanol–water partition coefficient (Wildman–Crippen LogP) is 5.60. The first-order chi connectivity index (χ1) is 15.2. The summed E-state index contributed by atoms with van der Waals surface area (Å²) in [4.78, 5) is 38.3. The van der Waals surface area contributed by atoms with Crippen molar-refractivity contribution < 1.29 is 19.1 Å². The highest BCUT2D eigenvalue weighted by Gasteiger charge is 2.69. The molecule has 0 aromatic carbocycles. The number of Topliss-reactive ketones (excluding diaryl/α,β-unsaturated/α-hetero) is 1. The molecule has 0 aliphatic heterocycles. The topological polar surface area (TPSA) is 60.4 Å². The van der Waals surface area contributed by atoms with Crippen LogP contribution in [0.4, 0.5) is 0 Å². The van der Waals surface area contributed by atoms with Gasteiger partial charge in [-0.25, -0.2) is 0 Å². The maximum Gasteiger partial charge on any atom is 0.306 e. The Morgan fingerprint density at radius 1 is 1.09 bits per heavy atom. The lowest BCUT2D eigenvalue weighted by Crippen LogP contribution is -2.58. The molecule has 0 spiro atoms. The number of ketones is 2. The van der Waals surface area contributed by atoms with Crippen molar-refractivity contribution in [3.8, 4) is 0 Å². The summed E-state index contributed by atoms with van der Waals surface area (Å²) in [7, 11) is 0. The summed E-state index contributed by atoms with van der Waals surface area (Å²) in [6, 6.07) is 0. The molecule has 0 bridgehead atoms. The van der Waals surface area contributed by atoms with Gasteiger partial charge in [0, 0.05) is 17.8 Å². The lowest BCUT2D eigenvalue weighted by molar-refractivity contribution is -0.187. The van der Waals surface area contributed by atoms with Gasteiger partial charge in [-0.1, -0.05) is 45.8 Å². The van der Waals surface area contributed by atoms with E-state index >= 15 is 0 Å². The van der Waals surface area contributed by atoms with Gasteiger partial charge >= 0.3 is 5.97 Å². The average molecular weight is 439 g/mol. The molecule has 0 heterocycles. The van der Waals surface area contributed by atoms with Crippen molar-refractivity contribution in [2.75, 3.05) is 0 Å². The minimum atomic E-state index is -0.985. The summed E-state index contributed by atoms with van der Waals surface area (Å²) in [5.74, 6) is 2.05. The zero-order valence-electron chi connectivity index (χ0n) is 20.1. The number of rotatable bonds is 6. The summed E-state index contributed by atoms with van der Waals surface area (Å²) in [6.45, 7) is 8.35. The van der Waals surface area contributed by atoms with E-state index in [-0.39, 0.29) is 28.5 Å². The second-order valence-corrected chi connectivity index (χ2v) is 11.7. The first-order valence-electron chi connectivity index (χ1n) is 12.9. The lowest BCUT2D eigenvalue weighted by atomic mass is 9.47. The summed E-state index contributed by atoms with van der Waals surface area (Å²) >= 11 is 0. The van der Waals surface area contributed by atoms with E-state index in [0.717, 1.165) is 44.9 Å².